The van der Waals surface area contributed by atoms with Crippen molar-refractivity contribution >= 4 is 11.6 Å². The largest absolute Gasteiger partial charge is 0.370 e. The van der Waals surface area contributed by atoms with Crippen LogP contribution in [0.4, 0.5) is 0 Å². The van der Waals surface area contributed by atoms with Crippen molar-refractivity contribution in [2.75, 3.05) is 45.9 Å². The molecule has 2 aromatic rings. The molecule has 8 nitrogen and oxygen atoms in total. The molecule has 0 spiro atoms. The minimum atomic E-state index is 0.109. The first-order valence-corrected chi connectivity index (χ1v) is 8.97. The van der Waals surface area contributed by atoms with E-state index in [0.717, 1.165) is 56.2 Å². The number of nitrogens with zero attached hydrogens (tertiary/aromatic N) is 6. The molecule has 0 aromatic carbocycles. The second-order valence-corrected chi connectivity index (χ2v) is 6.85. The highest BCUT2D eigenvalue weighted by atomic mass is 16.5. The van der Waals surface area contributed by atoms with Crippen LogP contribution >= 0.6 is 0 Å². The van der Waals surface area contributed by atoms with E-state index in [-0.39, 0.29) is 12.5 Å². The van der Waals surface area contributed by atoms with Gasteiger partial charge in [0, 0.05) is 25.6 Å². The Kier molecular flexibility index (Phi) is 4.63. The van der Waals surface area contributed by atoms with E-state index >= 15 is 0 Å². The summed E-state index contributed by atoms with van der Waals surface area (Å²) in [6, 6.07) is 3.93. The Labute approximate surface area is 146 Å². The molecule has 25 heavy (non-hydrogen) atoms. The van der Waals surface area contributed by atoms with Gasteiger partial charge in [0.1, 0.15) is 6.61 Å². The van der Waals surface area contributed by atoms with Gasteiger partial charge in [0.25, 0.3) is 0 Å². The molecule has 2 fully saturated rings. The Hall–Kier alpha value is -2.06. The zero-order valence-corrected chi connectivity index (χ0v) is 14.6. The molecule has 0 unspecified atom stereocenters. The van der Waals surface area contributed by atoms with E-state index in [2.05, 4.69) is 20.2 Å². The molecule has 0 saturated carbocycles. The molecule has 4 heterocycles. The van der Waals surface area contributed by atoms with Gasteiger partial charge in [-0.1, -0.05) is 0 Å². The highest BCUT2D eigenvalue weighted by molar-refractivity contribution is 5.77. The summed E-state index contributed by atoms with van der Waals surface area (Å²) in [5, 5.41) is 13.2. The fraction of sp³-hybridized carbons (Fsp3) is 0.647. The Morgan fingerprint density at radius 2 is 2.00 bits per heavy atom. The number of amides is 1. The van der Waals surface area contributed by atoms with Gasteiger partial charge in [0.2, 0.25) is 5.91 Å². The maximum absolute atomic E-state index is 11.8. The predicted molar refractivity (Wildman–Crippen MR) is 91.3 cm³/mol. The normalized spacial score (nSPS) is 20.5. The van der Waals surface area contributed by atoms with Crippen LogP contribution in [0.2, 0.25) is 0 Å². The number of hydrogen-bond acceptors (Lipinski definition) is 6. The van der Waals surface area contributed by atoms with Crippen molar-refractivity contribution in [3.8, 4) is 0 Å². The first kappa shape index (κ1) is 16.4. The molecular weight excluding hydrogens is 320 g/mol. The third kappa shape index (κ3) is 3.50. The highest BCUT2D eigenvalue weighted by Gasteiger charge is 2.26. The molecule has 2 saturated heterocycles. The molecule has 0 aliphatic carbocycles. The molecule has 2 aliphatic heterocycles. The number of piperidine rings is 1. The minimum Gasteiger partial charge on any atom is -0.370 e. The fourth-order valence-corrected chi connectivity index (χ4v) is 3.62. The summed E-state index contributed by atoms with van der Waals surface area (Å²) >= 11 is 0. The summed E-state index contributed by atoms with van der Waals surface area (Å²) in [6.45, 7) is 7.34. The van der Waals surface area contributed by atoms with Crippen molar-refractivity contribution in [3.63, 3.8) is 0 Å². The number of likely N-dealkylation sites (tertiary alicyclic amines) is 1. The van der Waals surface area contributed by atoms with Crippen LogP contribution < -0.4 is 0 Å². The van der Waals surface area contributed by atoms with E-state index in [1.807, 2.05) is 28.5 Å². The molecule has 1 amide bonds. The van der Waals surface area contributed by atoms with Gasteiger partial charge < -0.3 is 14.5 Å². The number of morpholine rings is 1. The van der Waals surface area contributed by atoms with Crippen LogP contribution in [0.5, 0.6) is 0 Å². The van der Waals surface area contributed by atoms with Gasteiger partial charge in [-0.3, -0.25) is 4.79 Å². The van der Waals surface area contributed by atoms with Crippen molar-refractivity contribution in [2.45, 2.75) is 25.7 Å². The van der Waals surface area contributed by atoms with Crippen LogP contribution in [-0.2, 0) is 9.53 Å². The van der Waals surface area contributed by atoms with E-state index < -0.39 is 0 Å². The van der Waals surface area contributed by atoms with Gasteiger partial charge in [-0.15, -0.1) is 10.2 Å². The van der Waals surface area contributed by atoms with E-state index in [4.69, 9.17) is 4.74 Å². The summed E-state index contributed by atoms with van der Waals surface area (Å²) in [7, 11) is 0. The van der Waals surface area contributed by atoms with E-state index in [9.17, 15) is 4.79 Å². The average molecular weight is 344 g/mol. The molecular formula is C17H24N6O2. The fourth-order valence-electron chi connectivity index (χ4n) is 3.62. The lowest BCUT2D eigenvalue weighted by molar-refractivity contribution is -0.142. The molecule has 4 rings (SSSR count). The van der Waals surface area contributed by atoms with Crippen molar-refractivity contribution in [3.05, 3.63) is 23.7 Å². The van der Waals surface area contributed by atoms with Crippen molar-refractivity contribution in [1.82, 2.24) is 29.6 Å². The molecule has 134 valence electrons. The lowest BCUT2D eigenvalue weighted by atomic mass is 9.96. The number of aromatic nitrogens is 4. The predicted octanol–water partition coefficient (Wildman–Crippen LogP) is 0.471. The van der Waals surface area contributed by atoms with Crippen molar-refractivity contribution < 1.29 is 9.53 Å². The summed E-state index contributed by atoms with van der Waals surface area (Å²) in [4.78, 5) is 16.1. The van der Waals surface area contributed by atoms with Gasteiger partial charge in [-0.25, -0.2) is 0 Å². The van der Waals surface area contributed by atoms with Crippen molar-refractivity contribution in [1.29, 1.82) is 0 Å². The Bertz CT molecular complexity index is 753. The third-order valence-corrected chi connectivity index (χ3v) is 5.14. The summed E-state index contributed by atoms with van der Waals surface area (Å²) in [6.07, 6.45) is 2.10. The van der Waals surface area contributed by atoms with Crippen LogP contribution in [0.15, 0.2) is 12.1 Å². The first-order valence-electron chi connectivity index (χ1n) is 8.97. The Morgan fingerprint density at radius 1 is 1.16 bits per heavy atom. The van der Waals surface area contributed by atoms with Gasteiger partial charge in [0.05, 0.1) is 12.3 Å². The van der Waals surface area contributed by atoms with Gasteiger partial charge in [0.15, 0.2) is 11.5 Å². The first-order chi connectivity index (χ1) is 12.2. The van der Waals surface area contributed by atoms with Crippen LogP contribution in [0.1, 0.15) is 30.3 Å². The molecule has 2 aliphatic rings. The van der Waals surface area contributed by atoms with Crippen LogP contribution in [0.25, 0.3) is 5.65 Å². The monoisotopic (exact) mass is 344 g/mol. The standard InChI is InChI=1S/C17H24N6O2/c1-13-2-3-15-18-19-17(23(15)20-13)14-4-6-21(7-5-14)8-9-22-10-11-25-12-16(22)24/h2-3,14H,4-12H2,1H3. The zero-order chi connectivity index (χ0) is 17.2. The minimum absolute atomic E-state index is 0.109. The van der Waals surface area contributed by atoms with Crippen LogP contribution in [0.3, 0.4) is 0 Å². The molecule has 2 aromatic heterocycles. The molecule has 0 bridgehead atoms. The zero-order valence-electron chi connectivity index (χ0n) is 14.6. The van der Waals surface area contributed by atoms with E-state index in [1.54, 1.807) is 0 Å². The number of carbonyl (C=O) groups excluding carboxylic acids is 1. The number of rotatable bonds is 4. The summed E-state index contributed by atoms with van der Waals surface area (Å²) < 4.78 is 7.07. The van der Waals surface area contributed by atoms with E-state index in [0.29, 0.717) is 19.1 Å². The lowest BCUT2D eigenvalue weighted by Gasteiger charge is -2.34. The lowest BCUT2D eigenvalue weighted by Crippen LogP contribution is -2.46. The van der Waals surface area contributed by atoms with Gasteiger partial charge in [-0.2, -0.15) is 9.61 Å². The molecule has 0 atom stereocenters. The SMILES string of the molecule is Cc1ccc2nnc(C3CCN(CCN4CCOCC4=O)CC3)n2n1. The second-order valence-electron chi connectivity index (χ2n) is 6.85. The number of aryl methyl sites for hydroxylation is 1. The maximum Gasteiger partial charge on any atom is 0.248 e. The third-order valence-electron chi connectivity index (χ3n) is 5.14. The van der Waals surface area contributed by atoms with Gasteiger partial charge in [-0.05, 0) is 45.0 Å². The van der Waals surface area contributed by atoms with E-state index in [1.165, 1.54) is 0 Å². The summed E-state index contributed by atoms with van der Waals surface area (Å²) in [5.74, 6) is 1.48. The average Bonchev–Trinajstić information content (AvgIpc) is 3.04. The highest BCUT2D eigenvalue weighted by Crippen LogP contribution is 2.26. The number of hydrogen-bond donors (Lipinski definition) is 0. The van der Waals surface area contributed by atoms with Crippen LogP contribution in [0, 0.1) is 6.92 Å². The van der Waals surface area contributed by atoms with Gasteiger partial charge >= 0.3 is 0 Å². The molecule has 0 radical (unpaired) electrons. The topological polar surface area (TPSA) is 75.9 Å². The number of fused-ring (bicyclic) bond motifs is 1. The summed E-state index contributed by atoms with van der Waals surface area (Å²) in [5.41, 5.74) is 1.79. The van der Waals surface area contributed by atoms with Crippen molar-refractivity contribution in [2.24, 2.45) is 0 Å². The Morgan fingerprint density at radius 3 is 2.80 bits per heavy atom. The number of carbonyl (C=O) groups is 1. The molecule has 0 N–H and O–H groups in total. The number of ether oxygens (including phenoxy) is 1. The smallest absolute Gasteiger partial charge is 0.248 e. The second kappa shape index (κ2) is 7.05. The van der Waals surface area contributed by atoms with Crippen LogP contribution in [-0.4, -0.2) is 81.5 Å². The molecule has 8 heteroatoms. The Balaban J connectivity index is 1.33. The quantitative estimate of drug-likeness (QED) is 0.803. The maximum atomic E-state index is 11.8.